The van der Waals surface area contributed by atoms with E-state index in [1.54, 1.807) is 42.0 Å². The van der Waals surface area contributed by atoms with Gasteiger partial charge in [-0.25, -0.2) is 9.18 Å². The third-order valence-corrected chi connectivity index (χ3v) is 2.94. The largest absolute Gasteiger partial charge is 0.461 e. The third-order valence-electron chi connectivity index (χ3n) is 2.65. The van der Waals surface area contributed by atoms with Crippen molar-refractivity contribution in [1.82, 2.24) is 4.57 Å². The summed E-state index contributed by atoms with van der Waals surface area (Å²) in [6.45, 7) is 2.51. The Morgan fingerprint density at radius 1 is 1.42 bits per heavy atom. The van der Waals surface area contributed by atoms with E-state index in [-0.39, 0.29) is 11.0 Å². The van der Waals surface area contributed by atoms with Crippen LogP contribution in [-0.2, 0) is 11.3 Å². The van der Waals surface area contributed by atoms with E-state index in [1.165, 1.54) is 6.07 Å². The van der Waals surface area contributed by atoms with E-state index in [2.05, 4.69) is 0 Å². The van der Waals surface area contributed by atoms with Crippen LogP contribution in [0.15, 0.2) is 36.5 Å². The van der Waals surface area contributed by atoms with Crippen molar-refractivity contribution < 1.29 is 13.9 Å². The zero-order valence-corrected chi connectivity index (χ0v) is 11.2. The van der Waals surface area contributed by atoms with Gasteiger partial charge in [0.2, 0.25) is 0 Å². The molecule has 0 spiro atoms. The van der Waals surface area contributed by atoms with Gasteiger partial charge < -0.3 is 9.30 Å². The topological polar surface area (TPSA) is 31.2 Å². The van der Waals surface area contributed by atoms with Gasteiger partial charge in [0.05, 0.1) is 11.6 Å². The molecule has 0 bridgehead atoms. The number of nitrogens with zero attached hydrogens (tertiary/aromatic N) is 1. The Morgan fingerprint density at radius 2 is 2.21 bits per heavy atom. The van der Waals surface area contributed by atoms with Crippen LogP contribution in [0.4, 0.5) is 4.39 Å². The van der Waals surface area contributed by atoms with E-state index in [0.29, 0.717) is 18.8 Å². The second-order valence-electron chi connectivity index (χ2n) is 3.99. The smallest absolute Gasteiger partial charge is 0.354 e. The number of aromatic nitrogens is 1. The number of ether oxygens (including phenoxy) is 1. The summed E-state index contributed by atoms with van der Waals surface area (Å²) >= 11 is 5.73. The van der Waals surface area contributed by atoms with Gasteiger partial charge in [0, 0.05) is 12.7 Å². The second kappa shape index (κ2) is 5.89. The van der Waals surface area contributed by atoms with Crippen molar-refractivity contribution in [2.45, 2.75) is 13.5 Å². The van der Waals surface area contributed by atoms with Crippen molar-refractivity contribution in [2.24, 2.45) is 0 Å². The Labute approximate surface area is 115 Å². The number of esters is 1. The first-order valence-electron chi connectivity index (χ1n) is 5.88. The highest BCUT2D eigenvalue weighted by molar-refractivity contribution is 6.30. The number of hydrogen-bond donors (Lipinski definition) is 0. The summed E-state index contributed by atoms with van der Waals surface area (Å²) in [4.78, 5) is 11.7. The van der Waals surface area contributed by atoms with Gasteiger partial charge in [0.15, 0.2) is 0 Å². The molecule has 1 heterocycles. The molecule has 0 radical (unpaired) electrons. The molecule has 100 valence electrons. The molecule has 0 aliphatic carbocycles. The highest BCUT2D eigenvalue weighted by atomic mass is 35.5. The summed E-state index contributed by atoms with van der Waals surface area (Å²) in [6, 6.07) is 7.94. The average Bonchev–Trinajstić information content (AvgIpc) is 2.82. The Morgan fingerprint density at radius 3 is 2.89 bits per heavy atom. The van der Waals surface area contributed by atoms with Crippen molar-refractivity contribution in [3.63, 3.8) is 0 Å². The van der Waals surface area contributed by atoms with E-state index in [0.717, 1.165) is 5.56 Å². The maximum Gasteiger partial charge on any atom is 0.354 e. The number of carbonyl (C=O) groups excluding carboxylic acids is 1. The molecule has 1 aromatic heterocycles. The van der Waals surface area contributed by atoms with Gasteiger partial charge in [-0.3, -0.25) is 0 Å². The molecule has 0 aliphatic heterocycles. The number of rotatable bonds is 4. The van der Waals surface area contributed by atoms with Crippen molar-refractivity contribution in [2.75, 3.05) is 6.61 Å². The molecule has 1 aromatic carbocycles. The van der Waals surface area contributed by atoms with E-state index >= 15 is 0 Å². The number of halogens is 2. The molecule has 3 nitrogen and oxygen atoms in total. The second-order valence-corrected chi connectivity index (χ2v) is 4.40. The lowest BCUT2D eigenvalue weighted by molar-refractivity contribution is 0.0514. The van der Waals surface area contributed by atoms with Crippen molar-refractivity contribution in [1.29, 1.82) is 0 Å². The Hall–Kier alpha value is -1.81. The summed E-state index contributed by atoms with van der Waals surface area (Å²) in [6.07, 6.45) is 1.77. The summed E-state index contributed by atoms with van der Waals surface area (Å²) in [5.74, 6) is -0.829. The fraction of sp³-hybridized carbons (Fsp3) is 0.214. The molecule has 5 heteroatoms. The van der Waals surface area contributed by atoms with E-state index in [9.17, 15) is 9.18 Å². The fourth-order valence-electron chi connectivity index (χ4n) is 1.78. The van der Waals surface area contributed by atoms with E-state index in [1.807, 2.05) is 0 Å². The van der Waals surface area contributed by atoms with Crippen molar-refractivity contribution in [3.05, 3.63) is 58.6 Å². The van der Waals surface area contributed by atoms with Gasteiger partial charge in [-0.15, -0.1) is 0 Å². The summed E-state index contributed by atoms with van der Waals surface area (Å²) < 4.78 is 19.8. The van der Waals surface area contributed by atoms with Crippen LogP contribution in [0.5, 0.6) is 0 Å². The average molecular weight is 282 g/mol. The molecule has 0 N–H and O–H groups in total. The predicted octanol–water partition coefficient (Wildman–Crippen LogP) is 3.51. The van der Waals surface area contributed by atoms with E-state index < -0.39 is 5.82 Å². The molecule has 0 saturated heterocycles. The van der Waals surface area contributed by atoms with Crippen LogP contribution >= 0.6 is 11.6 Å². The standard InChI is InChI=1S/C14H13ClFNO2/c1-2-19-14(18)13-4-3-7-17(13)9-10-5-6-12(16)11(15)8-10/h3-8H,2,9H2,1H3. The van der Waals surface area contributed by atoms with Crippen molar-refractivity contribution in [3.8, 4) is 0 Å². The lowest BCUT2D eigenvalue weighted by Crippen LogP contribution is -2.12. The van der Waals surface area contributed by atoms with Gasteiger partial charge in [0.1, 0.15) is 11.5 Å². The van der Waals surface area contributed by atoms with Gasteiger partial charge in [-0.05, 0) is 36.8 Å². The molecule has 2 rings (SSSR count). The van der Waals surface area contributed by atoms with Crippen LogP contribution in [0.2, 0.25) is 5.02 Å². The first-order chi connectivity index (χ1) is 9.11. The van der Waals surface area contributed by atoms with Crippen LogP contribution < -0.4 is 0 Å². The Bertz CT molecular complexity index is 595. The summed E-state index contributed by atoms with van der Waals surface area (Å²) in [5, 5.41) is 0.0716. The lowest BCUT2D eigenvalue weighted by atomic mass is 10.2. The predicted molar refractivity (Wildman–Crippen MR) is 70.9 cm³/mol. The zero-order valence-electron chi connectivity index (χ0n) is 10.4. The maximum absolute atomic E-state index is 13.1. The molecule has 0 unspecified atom stereocenters. The zero-order chi connectivity index (χ0) is 13.8. The number of hydrogen-bond acceptors (Lipinski definition) is 2. The summed E-state index contributed by atoms with van der Waals surface area (Å²) in [5.41, 5.74) is 1.27. The molecular weight excluding hydrogens is 269 g/mol. The van der Waals surface area contributed by atoms with Gasteiger partial charge in [0.25, 0.3) is 0 Å². The van der Waals surface area contributed by atoms with Gasteiger partial charge >= 0.3 is 5.97 Å². The van der Waals surface area contributed by atoms with E-state index in [4.69, 9.17) is 16.3 Å². The van der Waals surface area contributed by atoms with Crippen molar-refractivity contribution >= 4 is 17.6 Å². The third kappa shape index (κ3) is 3.15. The molecule has 2 aromatic rings. The van der Waals surface area contributed by atoms with Crippen LogP contribution in [0.1, 0.15) is 23.0 Å². The SMILES string of the molecule is CCOC(=O)c1cccn1Cc1ccc(F)c(Cl)c1. The Kier molecular flexibility index (Phi) is 4.22. The van der Waals surface area contributed by atoms with Crippen LogP contribution in [-0.4, -0.2) is 17.1 Å². The van der Waals surface area contributed by atoms with Gasteiger partial charge in [-0.1, -0.05) is 17.7 Å². The minimum absolute atomic E-state index is 0.0716. The minimum Gasteiger partial charge on any atom is -0.461 e. The van der Waals surface area contributed by atoms with Crippen LogP contribution in [0, 0.1) is 5.82 Å². The monoisotopic (exact) mass is 281 g/mol. The molecular formula is C14H13ClFNO2. The fourth-order valence-corrected chi connectivity index (χ4v) is 1.98. The first-order valence-corrected chi connectivity index (χ1v) is 6.25. The number of carbonyl (C=O) groups is 1. The minimum atomic E-state index is -0.455. The highest BCUT2D eigenvalue weighted by Gasteiger charge is 2.12. The summed E-state index contributed by atoms with van der Waals surface area (Å²) in [7, 11) is 0. The molecule has 0 aliphatic rings. The van der Waals surface area contributed by atoms with Crippen LogP contribution in [0.3, 0.4) is 0 Å². The maximum atomic E-state index is 13.1. The molecule has 0 amide bonds. The quantitative estimate of drug-likeness (QED) is 0.803. The highest BCUT2D eigenvalue weighted by Crippen LogP contribution is 2.17. The lowest BCUT2D eigenvalue weighted by Gasteiger charge is -2.09. The first kappa shape index (κ1) is 13.6. The molecule has 19 heavy (non-hydrogen) atoms. The normalized spacial score (nSPS) is 10.5. The molecule has 0 fully saturated rings. The molecule has 0 saturated carbocycles. The molecule has 0 atom stereocenters. The van der Waals surface area contributed by atoms with Crippen LogP contribution in [0.25, 0.3) is 0 Å². The number of benzene rings is 1. The Balaban J connectivity index is 2.21. The van der Waals surface area contributed by atoms with Gasteiger partial charge in [-0.2, -0.15) is 0 Å².